The Hall–Kier alpha value is -2.04. The van der Waals surface area contributed by atoms with E-state index in [1.54, 1.807) is 18.7 Å². The minimum atomic E-state index is 0.447. The monoisotopic (exact) mass is 230 g/mol. The summed E-state index contributed by atoms with van der Waals surface area (Å²) in [5.41, 5.74) is 5.54. The number of hydrogen-bond donors (Lipinski definition) is 1. The van der Waals surface area contributed by atoms with Crippen LogP contribution in [0.4, 0.5) is 11.6 Å². The molecule has 0 unspecified atom stereocenters. The third-order valence-electron chi connectivity index (χ3n) is 2.85. The zero-order valence-electron chi connectivity index (χ0n) is 9.41. The number of nitrogens with zero attached hydrogens (tertiary/aromatic N) is 3. The summed E-state index contributed by atoms with van der Waals surface area (Å²) in [5.74, 6) is 2.25. The van der Waals surface area contributed by atoms with Gasteiger partial charge in [0.05, 0.1) is 25.2 Å². The quantitative estimate of drug-likeness (QED) is 0.867. The van der Waals surface area contributed by atoms with Crippen molar-refractivity contribution in [2.75, 3.05) is 10.6 Å². The molecule has 0 radical (unpaired) electrons. The highest BCUT2D eigenvalue weighted by molar-refractivity contribution is 5.42. The van der Waals surface area contributed by atoms with Crippen molar-refractivity contribution in [2.45, 2.75) is 25.4 Å². The van der Waals surface area contributed by atoms with Crippen molar-refractivity contribution in [1.82, 2.24) is 9.97 Å². The van der Waals surface area contributed by atoms with Crippen molar-refractivity contribution in [3.63, 3.8) is 0 Å². The molecule has 2 heterocycles. The maximum atomic E-state index is 5.54. The summed E-state index contributed by atoms with van der Waals surface area (Å²) in [6, 6.07) is 4.42. The molecule has 0 aromatic carbocycles. The molecular weight excluding hydrogens is 216 g/mol. The van der Waals surface area contributed by atoms with Crippen LogP contribution in [0.1, 0.15) is 18.6 Å². The summed E-state index contributed by atoms with van der Waals surface area (Å²) in [6.07, 6.45) is 7.40. The normalized spacial score (nSPS) is 14.8. The number of aromatic nitrogens is 2. The van der Waals surface area contributed by atoms with Gasteiger partial charge >= 0.3 is 0 Å². The number of furan rings is 1. The zero-order chi connectivity index (χ0) is 11.7. The zero-order valence-corrected chi connectivity index (χ0v) is 9.41. The van der Waals surface area contributed by atoms with Gasteiger partial charge in [-0.3, -0.25) is 0 Å². The summed E-state index contributed by atoms with van der Waals surface area (Å²) in [5, 5.41) is 0. The molecule has 17 heavy (non-hydrogen) atoms. The molecule has 5 nitrogen and oxygen atoms in total. The second-order valence-corrected chi connectivity index (χ2v) is 4.24. The molecule has 2 aromatic rings. The Morgan fingerprint density at radius 3 is 2.82 bits per heavy atom. The maximum Gasteiger partial charge on any atom is 0.147 e. The fourth-order valence-electron chi connectivity index (χ4n) is 1.83. The molecule has 1 aliphatic carbocycles. The summed E-state index contributed by atoms with van der Waals surface area (Å²) in [6.45, 7) is 0.732. The van der Waals surface area contributed by atoms with Gasteiger partial charge < -0.3 is 15.1 Å². The molecule has 0 amide bonds. The molecule has 5 heteroatoms. The third kappa shape index (κ3) is 2.22. The van der Waals surface area contributed by atoms with E-state index in [1.165, 1.54) is 12.8 Å². The van der Waals surface area contributed by atoms with Crippen molar-refractivity contribution in [3.8, 4) is 0 Å². The number of rotatable bonds is 4. The first-order valence-electron chi connectivity index (χ1n) is 5.69. The summed E-state index contributed by atoms with van der Waals surface area (Å²) < 4.78 is 5.37. The van der Waals surface area contributed by atoms with Gasteiger partial charge in [-0.25, -0.2) is 9.97 Å². The molecule has 2 N–H and O–H groups in total. The molecule has 3 rings (SSSR count). The first-order valence-corrected chi connectivity index (χ1v) is 5.69. The largest absolute Gasteiger partial charge is 0.467 e. The lowest BCUT2D eigenvalue weighted by atomic mass is 10.3. The minimum absolute atomic E-state index is 0.447. The molecule has 0 saturated heterocycles. The maximum absolute atomic E-state index is 5.54. The lowest BCUT2D eigenvalue weighted by molar-refractivity contribution is 0.500. The van der Waals surface area contributed by atoms with E-state index in [4.69, 9.17) is 10.2 Å². The molecule has 88 valence electrons. The van der Waals surface area contributed by atoms with E-state index in [-0.39, 0.29) is 0 Å². The van der Waals surface area contributed by atoms with E-state index >= 15 is 0 Å². The summed E-state index contributed by atoms with van der Waals surface area (Å²) >= 11 is 0. The van der Waals surface area contributed by atoms with E-state index in [0.29, 0.717) is 11.9 Å². The van der Waals surface area contributed by atoms with Gasteiger partial charge in [-0.15, -0.1) is 0 Å². The van der Waals surface area contributed by atoms with Gasteiger partial charge in [0.1, 0.15) is 17.4 Å². The number of anilines is 2. The molecule has 0 atom stereocenters. The van der Waals surface area contributed by atoms with Gasteiger partial charge in [0.15, 0.2) is 0 Å². The highest BCUT2D eigenvalue weighted by Crippen LogP contribution is 2.31. The van der Waals surface area contributed by atoms with Crippen LogP contribution >= 0.6 is 0 Å². The predicted octanol–water partition coefficient (Wildman–Crippen LogP) is 1.82. The van der Waals surface area contributed by atoms with Gasteiger partial charge in [0.2, 0.25) is 0 Å². The average Bonchev–Trinajstić information content (AvgIpc) is 3.05. The van der Waals surface area contributed by atoms with Crippen molar-refractivity contribution < 1.29 is 4.42 Å². The van der Waals surface area contributed by atoms with E-state index in [1.807, 2.05) is 12.1 Å². The van der Waals surface area contributed by atoms with Crippen LogP contribution in [0.25, 0.3) is 0 Å². The summed E-state index contributed by atoms with van der Waals surface area (Å²) in [7, 11) is 0. The second-order valence-electron chi connectivity index (χ2n) is 4.24. The molecule has 1 fully saturated rings. The van der Waals surface area contributed by atoms with Gasteiger partial charge in [0, 0.05) is 6.04 Å². The Morgan fingerprint density at radius 1 is 1.35 bits per heavy atom. The van der Waals surface area contributed by atoms with Crippen molar-refractivity contribution >= 4 is 11.6 Å². The molecular formula is C12H14N4O. The van der Waals surface area contributed by atoms with Gasteiger partial charge in [-0.05, 0) is 25.0 Å². The molecule has 1 saturated carbocycles. The summed E-state index contributed by atoms with van der Waals surface area (Å²) in [4.78, 5) is 10.6. The van der Waals surface area contributed by atoms with E-state index in [0.717, 1.165) is 18.1 Å². The standard InChI is InChI=1S/C12H14N4O/c13-11-6-15-12(7-14-11)16(9-3-4-9)8-10-2-1-5-17-10/h1-2,5-7,9H,3-4,8H2,(H2,13,14). The van der Waals surface area contributed by atoms with Crippen LogP contribution in [-0.2, 0) is 6.54 Å². The molecule has 2 aromatic heterocycles. The van der Waals surface area contributed by atoms with Crippen LogP contribution in [0.3, 0.4) is 0 Å². The topological polar surface area (TPSA) is 68.2 Å². The predicted molar refractivity (Wildman–Crippen MR) is 64.4 cm³/mol. The van der Waals surface area contributed by atoms with Crippen LogP contribution in [0.2, 0.25) is 0 Å². The SMILES string of the molecule is Nc1cnc(N(Cc2ccco2)C2CC2)cn1. The number of nitrogen functional groups attached to an aromatic ring is 1. The average molecular weight is 230 g/mol. The van der Waals surface area contributed by atoms with Gasteiger partial charge in [0.25, 0.3) is 0 Å². The van der Waals surface area contributed by atoms with Gasteiger partial charge in [-0.2, -0.15) is 0 Å². The lowest BCUT2D eigenvalue weighted by Gasteiger charge is -2.21. The van der Waals surface area contributed by atoms with Crippen molar-refractivity contribution in [3.05, 3.63) is 36.5 Å². The first-order chi connectivity index (χ1) is 8.33. The Bertz CT molecular complexity index is 476. The van der Waals surface area contributed by atoms with E-state index in [2.05, 4.69) is 14.9 Å². The smallest absolute Gasteiger partial charge is 0.147 e. The number of nitrogens with two attached hydrogens (primary N) is 1. The molecule has 0 bridgehead atoms. The molecule has 0 aliphatic heterocycles. The number of hydrogen-bond acceptors (Lipinski definition) is 5. The van der Waals surface area contributed by atoms with E-state index < -0.39 is 0 Å². The highest BCUT2D eigenvalue weighted by Gasteiger charge is 2.30. The Balaban J connectivity index is 1.82. The van der Waals surface area contributed by atoms with Crippen molar-refractivity contribution in [1.29, 1.82) is 0 Å². The highest BCUT2D eigenvalue weighted by atomic mass is 16.3. The Kier molecular flexibility index (Phi) is 2.44. The minimum Gasteiger partial charge on any atom is -0.467 e. The lowest BCUT2D eigenvalue weighted by Crippen LogP contribution is -2.25. The van der Waals surface area contributed by atoms with Crippen LogP contribution in [0.15, 0.2) is 35.2 Å². The van der Waals surface area contributed by atoms with Crippen molar-refractivity contribution in [2.24, 2.45) is 0 Å². The Labute approximate surface area is 99.3 Å². The molecule has 1 aliphatic rings. The van der Waals surface area contributed by atoms with E-state index in [9.17, 15) is 0 Å². The van der Waals surface area contributed by atoms with Crippen LogP contribution < -0.4 is 10.6 Å². The first kappa shape index (κ1) is 10.1. The molecule has 0 spiro atoms. The fourth-order valence-corrected chi connectivity index (χ4v) is 1.83. The Morgan fingerprint density at radius 2 is 2.24 bits per heavy atom. The van der Waals surface area contributed by atoms with Crippen LogP contribution in [-0.4, -0.2) is 16.0 Å². The fraction of sp³-hybridized carbons (Fsp3) is 0.333. The third-order valence-corrected chi connectivity index (χ3v) is 2.85. The second kappa shape index (κ2) is 4.08. The van der Waals surface area contributed by atoms with Crippen LogP contribution in [0.5, 0.6) is 0 Å². The van der Waals surface area contributed by atoms with Crippen LogP contribution in [0, 0.1) is 0 Å². The van der Waals surface area contributed by atoms with Gasteiger partial charge in [-0.1, -0.05) is 0 Å².